The van der Waals surface area contributed by atoms with Gasteiger partial charge in [0.25, 0.3) is 0 Å². The molecule has 1 heterocycles. The lowest BCUT2D eigenvalue weighted by Gasteiger charge is -2.24. The molecule has 1 aliphatic rings. The molecule has 0 saturated heterocycles. The summed E-state index contributed by atoms with van der Waals surface area (Å²) in [5, 5.41) is 8.03. The number of urea groups is 1. The van der Waals surface area contributed by atoms with Crippen molar-refractivity contribution in [3.8, 4) is 0 Å². The maximum absolute atomic E-state index is 11.6. The topological polar surface area (TPSA) is 41.1 Å². The molecule has 88 valence electrons. The molecule has 4 heteroatoms. The summed E-state index contributed by atoms with van der Waals surface area (Å²) in [4.78, 5) is 13.1. The Morgan fingerprint density at radius 3 is 3.12 bits per heavy atom. The Kier molecular flexibility index (Phi) is 3.49. The minimum atomic E-state index is -0.0564. The SMILES string of the molecule is CC(C)NC(=O)NC1CCCc2sccc21. The molecule has 16 heavy (non-hydrogen) atoms. The van der Waals surface area contributed by atoms with Crippen LogP contribution in [0.25, 0.3) is 0 Å². The van der Waals surface area contributed by atoms with Crippen molar-refractivity contribution in [2.24, 2.45) is 0 Å². The van der Waals surface area contributed by atoms with E-state index in [1.807, 2.05) is 13.8 Å². The zero-order chi connectivity index (χ0) is 11.5. The molecule has 0 aromatic carbocycles. The zero-order valence-corrected chi connectivity index (χ0v) is 10.6. The largest absolute Gasteiger partial charge is 0.336 e. The highest BCUT2D eigenvalue weighted by molar-refractivity contribution is 7.10. The van der Waals surface area contributed by atoms with Gasteiger partial charge in [0.1, 0.15) is 0 Å². The van der Waals surface area contributed by atoms with Crippen molar-refractivity contribution >= 4 is 17.4 Å². The molecule has 1 unspecified atom stereocenters. The quantitative estimate of drug-likeness (QED) is 0.817. The third kappa shape index (κ3) is 2.55. The molecule has 1 aromatic heterocycles. The molecule has 1 aromatic rings. The Morgan fingerprint density at radius 1 is 1.56 bits per heavy atom. The van der Waals surface area contributed by atoms with Crippen molar-refractivity contribution in [2.75, 3.05) is 0 Å². The van der Waals surface area contributed by atoms with Crippen molar-refractivity contribution in [1.82, 2.24) is 10.6 Å². The Morgan fingerprint density at radius 2 is 2.38 bits per heavy atom. The number of hydrogen-bond acceptors (Lipinski definition) is 2. The summed E-state index contributed by atoms with van der Waals surface area (Å²) in [5.41, 5.74) is 1.31. The molecule has 0 aliphatic heterocycles. The van der Waals surface area contributed by atoms with E-state index in [0.29, 0.717) is 0 Å². The van der Waals surface area contributed by atoms with Gasteiger partial charge >= 0.3 is 6.03 Å². The van der Waals surface area contributed by atoms with Gasteiger partial charge in [0.15, 0.2) is 0 Å². The van der Waals surface area contributed by atoms with Crippen LogP contribution in [0.15, 0.2) is 11.4 Å². The van der Waals surface area contributed by atoms with Gasteiger partial charge in [-0.1, -0.05) is 0 Å². The molecule has 0 fully saturated rings. The van der Waals surface area contributed by atoms with Gasteiger partial charge < -0.3 is 10.6 Å². The van der Waals surface area contributed by atoms with Crippen LogP contribution < -0.4 is 10.6 Å². The summed E-state index contributed by atoms with van der Waals surface area (Å²) < 4.78 is 0. The molecule has 0 spiro atoms. The van der Waals surface area contributed by atoms with Crippen molar-refractivity contribution < 1.29 is 4.79 Å². The summed E-state index contributed by atoms with van der Waals surface area (Å²) in [6, 6.07) is 2.47. The van der Waals surface area contributed by atoms with Gasteiger partial charge in [-0.05, 0) is 50.1 Å². The van der Waals surface area contributed by atoms with Crippen LogP contribution in [0.4, 0.5) is 4.79 Å². The van der Waals surface area contributed by atoms with Gasteiger partial charge in [-0.15, -0.1) is 11.3 Å². The number of fused-ring (bicyclic) bond motifs is 1. The van der Waals surface area contributed by atoms with Crippen LogP contribution in [0.1, 0.15) is 43.2 Å². The highest BCUT2D eigenvalue weighted by atomic mass is 32.1. The van der Waals surface area contributed by atoms with Crippen LogP contribution in [0.2, 0.25) is 0 Å². The van der Waals surface area contributed by atoms with Gasteiger partial charge in [0.2, 0.25) is 0 Å². The van der Waals surface area contributed by atoms with Gasteiger partial charge in [-0.25, -0.2) is 4.79 Å². The Bertz CT molecular complexity index is 373. The third-order valence-electron chi connectivity index (χ3n) is 2.78. The molecule has 3 nitrogen and oxygen atoms in total. The Hall–Kier alpha value is -1.03. The van der Waals surface area contributed by atoms with Crippen LogP contribution in [0.5, 0.6) is 0 Å². The number of amides is 2. The predicted octanol–water partition coefficient (Wildman–Crippen LogP) is 2.83. The van der Waals surface area contributed by atoms with Crippen LogP contribution in [-0.2, 0) is 6.42 Å². The lowest BCUT2D eigenvalue weighted by atomic mass is 9.94. The second-order valence-electron chi connectivity index (χ2n) is 4.52. The lowest BCUT2D eigenvalue weighted by molar-refractivity contribution is 0.233. The minimum Gasteiger partial charge on any atom is -0.336 e. The summed E-state index contributed by atoms with van der Waals surface area (Å²) in [6.07, 6.45) is 3.38. The van der Waals surface area contributed by atoms with Crippen molar-refractivity contribution in [2.45, 2.75) is 45.2 Å². The summed E-state index contributed by atoms with van der Waals surface area (Å²) in [7, 11) is 0. The second-order valence-corrected chi connectivity index (χ2v) is 5.52. The highest BCUT2D eigenvalue weighted by Crippen LogP contribution is 2.33. The normalized spacial score (nSPS) is 19.3. The van der Waals surface area contributed by atoms with E-state index >= 15 is 0 Å². The Labute approximate surface area is 100 Å². The van der Waals surface area contributed by atoms with Crippen LogP contribution in [0.3, 0.4) is 0 Å². The number of aryl methyl sites for hydroxylation is 1. The predicted molar refractivity (Wildman–Crippen MR) is 66.8 cm³/mol. The summed E-state index contributed by atoms with van der Waals surface area (Å²) in [6.45, 7) is 3.94. The monoisotopic (exact) mass is 238 g/mol. The van der Waals surface area contributed by atoms with Crippen molar-refractivity contribution in [1.29, 1.82) is 0 Å². The average Bonchev–Trinajstić information content (AvgIpc) is 2.65. The number of nitrogens with one attached hydrogen (secondary N) is 2. The first-order chi connectivity index (χ1) is 7.66. The zero-order valence-electron chi connectivity index (χ0n) is 9.75. The number of carbonyl (C=O) groups excluding carboxylic acids is 1. The number of rotatable bonds is 2. The highest BCUT2D eigenvalue weighted by Gasteiger charge is 2.22. The molecule has 0 bridgehead atoms. The first-order valence-electron chi connectivity index (χ1n) is 5.80. The molecular formula is C12H18N2OS. The van der Waals surface area contributed by atoms with E-state index in [4.69, 9.17) is 0 Å². The Balaban J connectivity index is 2.00. The van der Waals surface area contributed by atoms with Gasteiger partial charge in [-0.3, -0.25) is 0 Å². The fourth-order valence-corrected chi connectivity index (χ4v) is 3.09. The first-order valence-corrected chi connectivity index (χ1v) is 6.68. The molecule has 2 N–H and O–H groups in total. The van der Waals surface area contributed by atoms with E-state index in [1.54, 1.807) is 11.3 Å². The van der Waals surface area contributed by atoms with E-state index in [-0.39, 0.29) is 18.1 Å². The third-order valence-corrected chi connectivity index (χ3v) is 3.77. The fraction of sp³-hybridized carbons (Fsp3) is 0.583. The fourth-order valence-electron chi connectivity index (χ4n) is 2.10. The standard InChI is InChI=1S/C12H18N2OS/c1-8(2)13-12(15)14-10-4-3-5-11-9(10)6-7-16-11/h6-8,10H,3-5H2,1-2H3,(H2,13,14,15). The smallest absolute Gasteiger partial charge is 0.315 e. The molecule has 2 amide bonds. The van der Waals surface area contributed by atoms with Crippen molar-refractivity contribution in [3.05, 3.63) is 21.9 Å². The maximum Gasteiger partial charge on any atom is 0.315 e. The molecular weight excluding hydrogens is 220 g/mol. The van der Waals surface area contributed by atoms with Crippen LogP contribution in [0, 0.1) is 0 Å². The van der Waals surface area contributed by atoms with E-state index in [9.17, 15) is 4.79 Å². The molecule has 2 rings (SSSR count). The van der Waals surface area contributed by atoms with E-state index < -0.39 is 0 Å². The lowest BCUT2D eigenvalue weighted by Crippen LogP contribution is -2.41. The summed E-state index contributed by atoms with van der Waals surface area (Å²) in [5.74, 6) is 0. The van der Waals surface area contributed by atoms with Crippen LogP contribution >= 0.6 is 11.3 Å². The van der Waals surface area contributed by atoms with Gasteiger partial charge in [0, 0.05) is 10.9 Å². The summed E-state index contributed by atoms with van der Waals surface area (Å²) >= 11 is 1.80. The molecule has 1 aliphatic carbocycles. The maximum atomic E-state index is 11.6. The first kappa shape index (κ1) is 11.5. The molecule has 1 atom stereocenters. The second kappa shape index (κ2) is 4.87. The van der Waals surface area contributed by atoms with Gasteiger partial charge in [0.05, 0.1) is 6.04 Å². The molecule has 0 saturated carbocycles. The number of thiophene rings is 1. The molecule has 0 radical (unpaired) electrons. The number of hydrogen-bond donors (Lipinski definition) is 2. The average molecular weight is 238 g/mol. The van der Waals surface area contributed by atoms with Crippen LogP contribution in [-0.4, -0.2) is 12.1 Å². The van der Waals surface area contributed by atoms with E-state index in [1.165, 1.54) is 16.9 Å². The van der Waals surface area contributed by atoms with E-state index in [0.717, 1.165) is 12.8 Å². The number of carbonyl (C=O) groups is 1. The van der Waals surface area contributed by atoms with E-state index in [2.05, 4.69) is 22.1 Å². The van der Waals surface area contributed by atoms with Crippen molar-refractivity contribution in [3.63, 3.8) is 0 Å². The van der Waals surface area contributed by atoms with Gasteiger partial charge in [-0.2, -0.15) is 0 Å². The minimum absolute atomic E-state index is 0.0564.